The van der Waals surface area contributed by atoms with Crippen LogP contribution in [0, 0.1) is 5.82 Å². The lowest BCUT2D eigenvalue weighted by atomic mass is 10.2. The zero-order chi connectivity index (χ0) is 15.2. The summed E-state index contributed by atoms with van der Waals surface area (Å²) >= 11 is 0. The van der Waals surface area contributed by atoms with E-state index in [4.69, 9.17) is 5.73 Å². The quantitative estimate of drug-likeness (QED) is 0.622. The molecule has 0 atom stereocenters. The summed E-state index contributed by atoms with van der Waals surface area (Å²) in [7, 11) is 2.13. The van der Waals surface area contributed by atoms with Crippen molar-refractivity contribution in [3.63, 3.8) is 0 Å². The van der Waals surface area contributed by atoms with Crippen molar-refractivity contribution in [1.82, 2.24) is 15.1 Å². The fourth-order valence-electron chi connectivity index (χ4n) is 2.35. The standard InChI is InChI=1S/C15H23FN4O/c1-19-7-9-20(10-8-19)6-2-5-18-15(21)12-3-4-14(17)13(16)11-12/h3-4,11H,2,5-10,17H2,1H3,(H,18,21). The van der Waals surface area contributed by atoms with Crippen LogP contribution >= 0.6 is 0 Å². The molecule has 5 nitrogen and oxygen atoms in total. The number of carbonyl (C=O) groups is 1. The minimum Gasteiger partial charge on any atom is -0.396 e. The summed E-state index contributed by atoms with van der Waals surface area (Å²) in [4.78, 5) is 16.6. The molecule has 116 valence electrons. The van der Waals surface area contributed by atoms with Gasteiger partial charge in [-0.05, 0) is 38.2 Å². The fraction of sp³-hybridized carbons (Fsp3) is 0.533. The number of halogens is 1. The van der Waals surface area contributed by atoms with Crippen LogP contribution < -0.4 is 11.1 Å². The van der Waals surface area contributed by atoms with Crippen LogP contribution in [0.4, 0.5) is 10.1 Å². The Kier molecular flexibility index (Phi) is 5.52. The Morgan fingerprint density at radius 2 is 2.05 bits per heavy atom. The van der Waals surface area contributed by atoms with E-state index in [1.54, 1.807) is 0 Å². The van der Waals surface area contributed by atoms with Gasteiger partial charge >= 0.3 is 0 Å². The first-order chi connectivity index (χ1) is 10.1. The summed E-state index contributed by atoms with van der Waals surface area (Å²) in [6.07, 6.45) is 0.896. The number of amides is 1. The molecule has 0 radical (unpaired) electrons. The van der Waals surface area contributed by atoms with E-state index in [9.17, 15) is 9.18 Å². The normalized spacial score (nSPS) is 16.9. The van der Waals surface area contributed by atoms with Gasteiger partial charge in [0.05, 0.1) is 5.69 Å². The summed E-state index contributed by atoms with van der Waals surface area (Å²) < 4.78 is 13.3. The highest BCUT2D eigenvalue weighted by Crippen LogP contribution is 2.11. The van der Waals surface area contributed by atoms with E-state index in [0.29, 0.717) is 12.1 Å². The van der Waals surface area contributed by atoms with Gasteiger partial charge in [0.25, 0.3) is 5.91 Å². The first kappa shape index (κ1) is 15.7. The van der Waals surface area contributed by atoms with Gasteiger partial charge in [0.1, 0.15) is 5.82 Å². The van der Waals surface area contributed by atoms with Gasteiger partial charge in [-0.15, -0.1) is 0 Å². The van der Waals surface area contributed by atoms with E-state index in [-0.39, 0.29) is 11.6 Å². The average molecular weight is 294 g/mol. The molecule has 1 aromatic rings. The van der Waals surface area contributed by atoms with Crippen molar-refractivity contribution in [2.75, 3.05) is 52.0 Å². The minimum absolute atomic E-state index is 0.0571. The monoisotopic (exact) mass is 294 g/mol. The summed E-state index contributed by atoms with van der Waals surface area (Å²) in [6, 6.07) is 4.12. The van der Waals surface area contributed by atoms with Crippen LogP contribution in [0.15, 0.2) is 18.2 Å². The summed E-state index contributed by atoms with van der Waals surface area (Å²) in [5.41, 5.74) is 5.75. The molecule has 0 saturated carbocycles. The molecule has 6 heteroatoms. The highest BCUT2D eigenvalue weighted by Gasteiger charge is 2.13. The topological polar surface area (TPSA) is 61.6 Å². The molecule has 1 aliphatic heterocycles. The lowest BCUT2D eigenvalue weighted by molar-refractivity contribution is 0.0949. The summed E-state index contributed by atoms with van der Waals surface area (Å²) in [5.74, 6) is -0.813. The molecular formula is C15H23FN4O. The van der Waals surface area contributed by atoms with Crippen LogP contribution in [0.2, 0.25) is 0 Å². The second-order valence-electron chi connectivity index (χ2n) is 5.49. The summed E-state index contributed by atoms with van der Waals surface area (Å²) in [5, 5.41) is 2.81. The van der Waals surface area contributed by atoms with Crippen LogP contribution in [-0.4, -0.2) is 62.0 Å². The average Bonchev–Trinajstić information content (AvgIpc) is 2.48. The number of nitrogens with one attached hydrogen (secondary N) is 1. The number of hydrogen-bond acceptors (Lipinski definition) is 4. The third kappa shape index (κ3) is 4.68. The van der Waals surface area contributed by atoms with E-state index in [0.717, 1.165) is 39.1 Å². The van der Waals surface area contributed by atoms with E-state index in [1.165, 1.54) is 18.2 Å². The lowest BCUT2D eigenvalue weighted by Gasteiger charge is -2.32. The number of benzene rings is 1. The second kappa shape index (κ2) is 7.38. The Hall–Kier alpha value is -1.66. The Balaban J connectivity index is 1.68. The maximum Gasteiger partial charge on any atom is 0.251 e. The fourth-order valence-corrected chi connectivity index (χ4v) is 2.35. The number of likely N-dealkylation sites (N-methyl/N-ethyl adjacent to an activating group) is 1. The van der Waals surface area contributed by atoms with Gasteiger partial charge in [-0.1, -0.05) is 0 Å². The molecule has 21 heavy (non-hydrogen) atoms. The van der Waals surface area contributed by atoms with Crippen LogP contribution in [0.1, 0.15) is 16.8 Å². The van der Waals surface area contributed by atoms with Crippen molar-refractivity contribution in [2.45, 2.75) is 6.42 Å². The molecule has 3 N–H and O–H groups in total. The predicted octanol–water partition coefficient (Wildman–Crippen LogP) is 0.775. The molecule has 1 amide bonds. The van der Waals surface area contributed by atoms with Crippen LogP contribution in [-0.2, 0) is 0 Å². The molecule has 0 spiro atoms. The molecule has 0 aromatic heterocycles. The number of hydrogen-bond donors (Lipinski definition) is 2. The van der Waals surface area contributed by atoms with E-state index >= 15 is 0 Å². The first-order valence-corrected chi connectivity index (χ1v) is 7.30. The van der Waals surface area contributed by atoms with Gasteiger partial charge in [-0.25, -0.2) is 4.39 Å². The molecule has 0 unspecified atom stereocenters. The van der Waals surface area contributed by atoms with Crippen molar-refractivity contribution in [3.8, 4) is 0 Å². The molecule has 2 rings (SSSR count). The van der Waals surface area contributed by atoms with Crippen molar-refractivity contribution in [3.05, 3.63) is 29.6 Å². The number of nitrogens with zero attached hydrogens (tertiary/aromatic N) is 2. The molecule has 1 fully saturated rings. The maximum atomic E-state index is 13.3. The molecule has 1 aliphatic rings. The van der Waals surface area contributed by atoms with Crippen LogP contribution in [0.3, 0.4) is 0 Å². The SMILES string of the molecule is CN1CCN(CCCNC(=O)c2ccc(N)c(F)c2)CC1. The lowest BCUT2D eigenvalue weighted by Crippen LogP contribution is -2.45. The van der Waals surface area contributed by atoms with E-state index in [2.05, 4.69) is 22.2 Å². The Labute approximate surface area is 124 Å². The van der Waals surface area contributed by atoms with Gasteiger partial charge in [-0.3, -0.25) is 4.79 Å². The highest BCUT2D eigenvalue weighted by atomic mass is 19.1. The number of nitrogen functional groups attached to an aromatic ring is 1. The molecule has 0 aliphatic carbocycles. The van der Waals surface area contributed by atoms with E-state index < -0.39 is 5.82 Å². The number of piperazine rings is 1. The van der Waals surface area contributed by atoms with Crippen molar-refractivity contribution in [2.24, 2.45) is 0 Å². The third-order valence-electron chi connectivity index (χ3n) is 3.80. The zero-order valence-corrected chi connectivity index (χ0v) is 12.4. The van der Waals surface area contributed by atoms with Crippen molar-refractivity contribution >= 4 is 11.6 Å². The van der Waals surface area contributed by atoms with Crippen molar-refractivity contribution < 1.29 is 9.18 Å². The van der Waals surface area contributed by atoms with Gasteiger partial charge < -0.3 is 20.9 Å². The molecule has 0 bridgehead atoms. The van der Waals surface area contributed by atoms with Crippen LogP contribution in [0.25, 0.3) is 0 Å². The van der Waals surface area contributed by atoms with Crippen LogP contribution in [0.5, 0.6) is 0 Å². The van der Waals surface area contributed by atoms with Gasteiger partial charge in [0, 0.05) is 38.3 Å². The smallest absolute Gasteiger partial charge is 0.251 e. The summed E-state index contributed by atoms with van der Waals surface area (Å²) in [6.45, 7) is 5.91. The molecule has 1 heterocycles. The number of nitrogens with two attached hydrogens (primary N) is 1. The van der Waals surface area contributed by atoms with Gasteiger partial charge in [0.2, 0.25) is 0 Å². The molecular weight excluding hydrogens is 271 g/mol. The Morgan fingerprint density at radius 1 is 1.33 bits per heavy atom. The number of rotatable bonds is 5. The first-order valence-electron chi connectivity index (χ1n) is 7.30. The zero-order valence-electron chi connectivity index (χ0n) is 12.4. The molecule has 1 saturated heterocycles. The van der Waals surface area contributed by atoms with Crippen molar-refractivity contribution in [1.29, 1.82) is 0 Å². The minimum atomic E-state index is -0.555. The number of anilines is 1. The Bertz CT molecular complexity index is 487. The maximum absolute atomic E-state index is 13.3. The number of carbonyl (C=O) groups excluding carboxylic acids is 1. The van der Waals surface area contributed by atoms with E-state index in [1.807, 2.05) is 0 Å². The van der Waals surface area contributed by atoms with Gasteiger partial charge in [-0.2, -0.15) is 0 Å². The third-order valence-corrected chi connectivity index (χ3v) is 3.80. The predicted molar refractivity (Wildman–Crippen MR) is 81.7 cm³/mol. The highest BCUT2D eigenvalue weighted by molar-refractivity contribution is 5.94. The largest absolute Gasteiger partial charge is 0.396 e. The molecule has 1 aromatic carbocycles. The second-order valence-corrected chi connectivity index (χ2v) is 5.49. The Morgan fingerprint density at radius 3 is 2.71 bits per heavy atom. The van der Waals surface area contributed by atoms with Gasteiger partial charge in [0.15, 0.2) is 0 Å².